The number of carbonyl (C=O) groups excluding carboxylic acids is 1. The first-order valence-corrected chi connectivity index (χ1v) is 6.36. The number of nitrogens with zero attached hydrogens (tertiary/aromatic N) is 3. The minimum Gasteiger partial charge on any atom is -0.338 e. The maximum atomic E-state index is 11.2. The monoisotopic (exact) mass is 235 g/mol. The molecule has 4 nitrogen and oxygen atoms in total. The zero-order valence-electron chi connectivity index (χ0n) is 10.7. The Morgan fingerprint density at radius 3 is 3.06 bits per heavy atom. The second-order valence-corrected chi connectivity index (χ2v) is 4.94. The Morgan fingerprint density at radius 2 is 2.41 bits per heavy atom. The van der Waals surface area contributed by atoms with Gasteiger partial charge >= 0.3 is 0 Å². The van der Waals surface area contributed by atoms with Crippen molar-refractivity contribution in [2.45, 2.75) is 38.6 Å². The largest absolute Gasteiger partial charge is 0.338 e. The van der Waals surface area contributed by atoms with Gasteiger partial charge in [0.25, 0.3) is 0 Å². The van der Waals surface area contributed by atoms with Crippen LogP contribution < -0.4 is 0 Å². The molecule has 0 spiro atoms. The van der Waals surface area contributed by atoms with Gasteiger partial charge in [0.05, 0.1) is 0 Å². The molecule has 1 unspecified atom stereocenters. The Kier molecular flexibility index (Phi) is 3.94. The number of aryl methyl sites for hydroxylation is 1. The van der Waals surface area contributed by atoms with E-state index < -0.39 is 0 Å². The van der Waals surface area contributed by atoms with E-state index in [4.69, 9.17) is 0 Å². The first-order valence-electron chi connectivity index (χ1n) is 6.36. The molecule has 0 N–H and O–H groups in total. The van der Waals surface area contributed by atoms with Crippen molar-refractivity contribution in [3.8, 4) is 0 Å². The smallest absolute Gasteiger partial charge is 0.131 e. The van der Waals surface area contributed by atoms with Crippen LogP contribution in [0.15, 0.2) is 12.4 Å². The highest BCUT2D eigenvalue weighted by Crippen LogP contribution is 2.20. The quantitative estimate of drug-likeness (QED) is 0.774. The van der Waals surface area contributed by atoms with Gasteiger partial charge in [-0.1, -0.05) is 0 Å². The molecule has 94 valence electrons. The number of rotatable bonds is 5. The van der Waals surface area contributed by atoms with E-state index in [1.807, 2.05) is 19.4 Å². The first kappa shape index (κ1) is 12.3. The van der Waals surface area contributed by atoms with E-state index in [0.717, 1.165) is 25.3 Å². The molecule has 1 aromatic heterocycles. The van der Waals surface area contributed by atoms with Crippen LogP contribution in [-0.4, -0.2) is 39.4 Å². The zero-order chi connectivity index (χ0) is 12.3. The molecule has 17 heavy (non-hydrogen) atoms. The average molecular weight is 235 g/mol. The van der Waals surface area contributed by atoms with Gasteiger partial charge < -0.3 is 4.57 Å². The van der Waals surface area contributed by atoms with Crippen LogP contribution in [0.25, 0.3) is 0 Å². The van der Waals surface area contributed by atoms with Crippen LogP contribution >= 0.6 is 0 Å². The fourth-order valence-corrected chi connectivity index (χ4v) is 2.63. The number of aromatic nitrogens is 2. The van der Waals surface area contributed by atoms with Crippen molar-refractivity contribution >= 4 is 5.78 Å². The van der Waals surface area contributed by atoms with E-state index in [0.29, 0.717) is 18.2 Å². The first-order chi connectivity index (χ1) is 8.16. The minimum atomic E-state index is 0.305. The van der Waals surface area contributed by atoms with Gasteiger partial charge in [-0.2, -0.15) is 0 Å². The number of ketones is 1. The second-order valence-electron chi connectivity index (χ2n) is 4.94. The Bertz CT molecular complexity index is 386. The van der Waals surface area contributed by atoms with Gasteiger partial charge in [-0.3, -0.25) is 9.69 Å². The molecule has 2 heterocycles. The fourth-order valence-electron chi connectivity index (χ4n) is 2.63. The lowest BCUT2D eigenvalue weighted by atomic mass is 10.1. The van der Waals surface area contributed by atoms with Crippen molar-refractivity contribution in [2.24, 2.45) is 7.05 Å². The van der Waals surface area contributed by atoms with E-state index in [9.17, 15) is 4.79 Å². The molecule has 1 aliphatic rings. The molecule has 0 radical (unpaired) electrons. The number of likely N-dealkylation sites (tertiary alicyclic amines) is 1. The van der Waals surface area contributed by atoms with Crippen LogP contribution in [0.2, 0.25) is 0 Å². The van der Waals surface area contributed by atoms with Crippen molar-refractivity contribution in [1.29, 1.82) is 0 Å². The molecule has 1 saturated heterocycles. The molecule has 0 bridgehead atoms. The molecular formula is C13H21N3O. The van der Waals surface area contributed by atoms with Crippen molar-refractivity contribution in [1.82, 2.24) is 14.5 Å². The summed E-state index contributed by atoms with van der Waals surface area (Å²) in [4.78, 5) is 18.0. The van der Waals surface area contributed by atoms with Crippen LogP contribution in [0, 0.1) is 0 Å². The molecule has 1 atom stereocenters. The Balaban J connectivity index is 1.86. The van der Waals surface area contributed by atoms with Gasteiger partial charge in [0.1, 0.15) is 11.6 Å². The zero-order valence-corrected chi connectivity index (χ0v) is 10.7. The molecular weight excluding hydrogens is 214 g/mol. The normalized spacial score (nSPS) is 20.9. The number of imidazole rings is 1. The van der Waals surface area contributed by atoms with Gasteiger partial charge in [0, 0.05) is 44.9 Å². The maximum Gasteiger partial charge on any atom is 0.131 e. The van der Waals surface area contributed by atoms with Gasteiger partial charge in [-0.05, 0) is 26.3 Å². The summed E-state index contributed by atoms with van der Waals surface area (Å²) in [6.07, 6.45) is 7.88. The molecule has 4 heteroatoms. The number of carbonyl (C=O) groups is 1. The Labute approximate surface area is 103 Å². The lowest BCUT2D eigenvalue weighted by Crippen LogP contribution is -2.33. The molecule has 1 aromatic rings. The van der Waals surface area contributed by atoms with Crippen molar-refractivity contribution in [3.05, 3.63) is 18.2 Å². The standard InChI is InChI=1S/C13H21N3O/c1-11(17)10-12-4-3-7-16(12)8-5-13-14-6-9-15(13)2/h6,9,12H,3-5,7-8,10H2,1-2H3. The van der Waals surface area contributed by atoms with Gasteiger partial charge in [0.2, 0.25) is 0 Å². The summed E-state index contributed by atoms with van der Waals surface area (Å²) in [6, 6.07) is 0.466. The number of hydrogen-bond acceptors (Lipinski definition) is 3. The van der Waals surface area contributed by atoms with E-state index in [2.05, 4.69) is 14.5 Å². The van der Waals surface area contributed by atoms with E-state index in [-0.39, 0.29) is 0 Å². The van der Waals surface area contributed by atoms with E-state index >= 15 is 0 Å². The SMILES string of the molecule is CC(=O)CC1CCCN1CCc1nccn1C. The van der Waals surface area contributed by atoms with Crippen LogP contribution in [0.5, 0.6) is 0 Å². The summed E-state index contributed by atoms with van der Waals surface area (Å²) < 4.78 is 2.07. The highest BCUT2D eigenvalue weighted by atomic mass is 16.1. The summed E-state index contributed by atoms with van der Waals surface area (Å²) in [5, 5.41) is 0. The van der Waals surface area contributed by atoms with Crippen LogP contribution in [0.3, 0.4) is 0 Å². The summed E-state index contributed by atoms with van der Waals surface area (Å²) in [5.41, 5.74) is 0. The average Bonchev–Trinajstić information content (AvgIpc) is 2.84. The molecule has 1 fully saturated rings. The van der Waals surface area contributed by atoms with Gasteiger partial charge in [-0.15, -0.1) is 0 Å². The van der Waals surface area contributed by atoms with E-state index in [1.54, 1.807) is 6.92 Å². The topological polar surface area (TPSA) is 38.1 Å². The molecule has 1 aliphatic heterocycles. The third-order valence-corrected chi connectivity index (χ3v) is 3.57. The third kappa shape index (κ3) is 3.16. The van der Waals surface area contributed by atoms with Crippen LogP contribution in [0.4, 0.5) is 0 Å². The lowest BCUT2D eigenvalue weighted by molar-refractivity contribution is -0.118. The highest BCUT2D eigenvalue weighted by molar-refractivity contribution is 5.76. The third-order valence-electron chi connectivity index (χ3n) is 3.57. The van der Waals surface area contributed by atoms with Crippen molar-refractivity contribution in [2.75, 3.05) is 13.1 Å². The van der Waals surface area contributed by atoms with Gasteiger partial charge in [-0.25, -0.2) is 4.98 Å². The summed E-state index contributed by atoms with van der Waals surface area (Å²) in [7, 11) is 2.03. The summed E-state index contributed by atoms with van der Waals surface area (Å²) in [6.45, 7) is 3.83. The predicted octanol–water partition coefficient (Wildman–Crippen LogP) is 1.41. The molecule has 0 aliphatic carbocycles. The minimum absolute atomic E-state index is 0.305. The maximum absolute atomic E-state index is 11.2. The van der Waals surface area contributed by atoms with Crippen LogP contribution in [-0.2, 0) is 18.3 Å². The summed E-state index contributed by atoms with van der Waals surface area (Å²) >= 11 is 0. The lowest BCUT2D eigenvalue weighted by Gasteiger charge is -2.23. The number of Topliss-reactive ketones (excluding diaryl/α,β-unsaturated/α-hetero) is 1. The highest BCUT2D eigenvalue weighted by Gasteiger charge is 2.25. The number of hydrogen-bond donors (Lipinski definition) is 0. The predicted molar refractivity (Wildman–Crippen MR) is 66.8 cm³/mol. The van der Waals surface area contributed by atoms with Crippen LogP contribution in [0.1, 0.15) is 32.0 Å². The molecule has 2 rings (SSSR count). The molecule has 0 saturated carbocycles. The summed E-state index contributed by atoms with van der Waals surface area (Å²) in [5.74, 6) is 1.43. The van der Waals surface area contributed by atoms with Crippen molar-refractivity contribution < 1.29 is 4.79 Å². The Morgan fingerprint density at radius 1 is 1.59 bits per heavy atom. The fraction of sp³-hybridized carbons (Fsp3) is 0.692. The van der Waals surface area contributed by atoms with Gasteiger partial charge in [0.15, 0.2) is 0 Å². The molecule has 0 aromatic carbocycles. The molecule has 0 amide bonds. The van der Waals surface area contributed by atoms with Crippen molar-refractivity contribution in [3.63, 3.8) is 0 Å². The Hall–Kier alpha value is -1.16. The second kappa shape index (κ2) is 5.45. The van der Waals surface area contributed by atoms with E-state index in [1.165, 1.54) is 12.8 Å².